The maximum absolute atomic E-state index is 12.8. The average molecular weight is 596 g/mol. The molecule has 2 aliphatic heterocycles. The number of ether oxygens (including phenoxy) is 1. The van der Waals surface area contributed by atoms with Gasteiger partial charge in [0, 0.05) is 63.1 Å². The molecule has 0 saturated carbocycles. The van der Waals surface area contributed by atoms with Crippen molar-refractivity contribution in [3.63, 3.8) is 0 Å². The van der Waals surface area contributed by atoms with Crippen LogP contribution in [0.5, 0.6) is 5.75 Å². The zero-order valence-electron chi connectivity index (χ0n) is 24.7. The van der Waals surface area contributed by atoms with Crippen LogP contribution in [0.4, 0.5) is 29.0 Å². The van der Waals surface area contributed by atoms with Crippen molar-refractivity contribution < 1.29 is 13.2 Å². The highest BCUT2D eigenvalue weighted by molar-refractivity contribution is 7.89. The lowest BCUT2D eigenvalue weighted by Crippen LogP contribution is -2.52. The fourth-order valence-corrected chi connectivity index (χ4v) is 6.91. The van der Waals surface area contributed by atoms with Crippen LogP contribution in [0.2, 0.25) is 0 Å². The van der Waals surface area contributed by atoms with Gasteiger partial charge >= 0.3 is 0 Å². The number of hydrogen-bond donors (Lipinski definition) is 3. The molecule has 226 valence electrons. The largest absolute Gasteiger partial charge is 0.494 e. The van der Waals surface area contributed by atoms with E-state index in [-0.39, 0.29) is 16.9 Å². The van der Waals surface area contributed by atoms with E-state index in [1.54, 1.807) is 39.2 Å². The minimum atomic E-state index is -3.73. The molecule has 3 heterocycles. The molecule has 0 amide bonds. The zero-order chi connectivity index (χ0) is 29.7. The van der Waals surface area contributed by atoms with Gasteiger partial charge in [-0.05, 0) is 58.0 Å². The van der Waals surface area contributed by atoms with Crippen molar-refractivity contribution in [2.45, 2.75) is 43.7 Å². The normalized spacial score (nSPS) is 17.4. The van der Waals surface area contributed by atoms with E-state index in [4.69, 9.17) is 4.74 Å². The van der Waals surface area contributed by atoms with Crippen LogP contribution in [0.3, 0.4) is 0 Å². The Bertz CT molecular complexity index is 1450. The molecule has 2 aromatic carbocycles. The zero-order valence-corrected chi connectivity index (χ0v) is 25.6. The van der Waals surface area contributed by atoms with Crippen LogP contribution in [-0.2, 0) is 10.0 Å². The number of benzene rings is 2. The summed E-state index contributed by atoms with van der Waals surface area (Å²) in [5, 5.41) is 6.24. The number of piperazine rings is 1. The number of anilines is 5. The number of nitrogens with one attached hydrogen (secondary N) is 3. The van der Waals surface area contributed by atoms with Crippen LogP contribution in [0.1, 0.15) is 26.7 Å². The number of likely N-dealkylation sites (N-methyl/N-ethyl adjacent to an activating group) is 1. The van der Waals surface area contributed by atoms with Gasteiger partial charge in [0.1, 0.15) is 17.0 Å². The van der Waals surface area contributed by atoms with Gasteiger partial charge in [0.05, 0.1) is 18.5 Å². The molecule has 0 unspecified atom stereocenters. The van der Waals surface area contributed by atoms with Gasteiger partial charge < -0.3 is 25.2 Å². The molecular weight excluding hydrogens is 554 g/mol. The number of nitrogens with zero attached hydrogens (tertiary/aromatic N) is 6. The van der Waals surface area contributed by atoms with Crippen LogP contribution in [-0.4, -0.2) is 98.7 Å². The van der Waals surface area contributed by atoms with Crippen molar-refractivity contribution >= 4 is 39.0 Å². The molecule has 2 saturated heterocycles. The molecule has 0 bridgehead atoms. The molecule has 13 heteroatoms. The van der Waals surface area contributed by atoms with E-state index in [1.165, 1.54) is 12.4 Å². The first-order chi connectivity index (χ1) is 20.2. The second-order valence-corrected chi connectivity index (χ2v) is 12.8. The van der Waals surface area contributed by atoms with Crippen molar-refractivity contribution in [1.82, 2.24) is 29.5 Å². The third kappa shape index (κ3) is 7.27. The van der Waals surface area contributed by atoms with Crippen molar-refractivity contribution in [2.75, 3.05) is 69.0 Å². The summed E-state index contributed by atoms with van der Waals surface area (Å²) in [6, 6.07) is 13.1. The Balaban J connectivity index is 1.25. The summed E-state index contributed by atoms with van der Waals surface area (Å²) >= 11 is 0. The Morgan fingerprint density at radius 2 is 1.57 bits per heavy atom. The summed E-state index contributed by atoms with van der Waals surface area (Å²) in [6.07, 6.45) is 3.68. The Morgan fingerprint density at radius 1 is 0.905 bits per heavy atom. The van der Waals surface area contributed by atoms with Crippen molar-refractivity contribution in [1.29, 1.82) is 0 Å². The summed E-state index contributed by atoms with van der Waals surface area (Å²) in [5.41, 5.74) is 2.20. The summed E-state index contributed by atoms with van der Waals surface area (Å²) in [6.45, 7) is 10.2. The van der Waals surface area contributed by atoms with Gasteiger partial charge in [0.2, 0.25) is 21.9 Å². The standard InChI is InChI=1S/C29H41N9O3S/c1-21(2)35-42(39,40)27-8-6-5-7-25(27)33-29-31-20-30-28(34-29)32-24-10-9-23(19-26(24)41-4)37-13-11-22(12-14-37)38-17-15-36(3)16-18-38/h5-10,19-22,35H,11-18H2,1-4H3,(H2,30,31,32,33,34). The molecule has 2 fully saturated rings. The first-order valence-corrected chi connectivity index (χ1v) is 15.9. The van der Waals surface area contributed by atoms with Gasteiger partial charge in [-0.1, -0.05) is 12.1 Å². The molecule has 3 N–H and O–H groups in total. The highest BCUT2D eigenvalue weighted by Crippen LogP contribution is 2.33. The molecule has 0 spiro atoms. The van der Waals surface area contributed by atoms with Crippen molar-refractivity contribution in [3.8, 4) is 5.75 Å². The highest BCUT2D eigenvalue weighted by atomic mass is 32.2. The van der Waals surface area contributed by atoms with E-state index in [0.717, 1.165) is 63.5 Å². The maximum Gasteiger partial charge on any atom is 0.242 e. The fourth-order valence-electron chi connectivity index (χ4n) is 5.49. The fraction of sp³-hybridized carbons (Fsp3) is 0.483. The average Bonchev–Trinajstić information content (AvgIpc) is 2.98. The first kappa shape index (κ1) is 30.0. The summed E-state index contributed by atoms with van der Waals surface area (Å²) in [5.74, 6) is 1.19. The Morgan fingerprint density at radius 3 is 2.24 bits per heavy atom. The Kier molecular flexibility index (Phi) is 9.41. The summed E-state index contributed by atoms with van der Waals surface area (Å²) in [4.78, 5) is 20.5. The summed E-state index contributed by atoms with van der Waals surface area (Å²) in [7, 11) is 0.118. The number of hydrogen-bond acceptors (Lipinski definition) is 11. The van der Waals surface area contributed by atoms with Gasteiger partial charge in [-0.2, -0.15) is 4.98 Å². The van der Waals surface area contributed by atoms with Crippen LogP contribution >= 0.6 is 0 Å². The smallest absolute Gasteiger partial charge is 0.242 e. The lowest BCUT2D eigenvalue weighted by molar-refractivity contribution is 0.0982. The number of piperidine rings is 1. The molecule has 3 aromatic rings. The topological polar surface area (TPSA) is 128 Å². The number of aromatic nitrogens is 3. The van der Waals surface area contributed by atoms with E-state index in [0.29, 0.717) is 23.4 Å². The highest BCUT2D eigenvalue weighted by Gasteiger charge is 2.27. The first-order valence-electron chi connectivity index (χ1n) is 14.4. The third-order valence-electron chi connectivity index (χ3n) is 7.70. The molecule has 0 radical (unpaired) electrons. The van der Waals surface area contributed by atoms with Crippen LogP contribution in [0.25, 0.3) is 0 Å². The maximum atomic E-state index is 12.8. The lowest BCUT2D eigenvalue weighted by Gasteiger charge is -2.42. The Hall–Kier alpha value is -3.52. The second kappa shape index (κ2) is 13.2. The molecule has 42 heavy (non-hydrogen) atoms. The van der Waals surface area contributed by atoms with E-state index < -0.39 is 10.0 Å². The third-order valence-corrected chi connectivity index (χ3v) is 9.42. The van der Waals surface area contributed by atoms with Crippen molar-refractivity contribution in [2.24, 2.45) is 0 Å². The number of methoxy groups -OCH3 is 1. The molecular formula is C29H41N9O3S. The van der Waals surface area contributed by atoms with Crippen molar-refractivity contribution in [3.05, 3.63) is 48.8 Å². The van der Waals surface area contributed by atoms with E-state index in [1.807, 2.05) is 12.1 Å². The molecule has 2 aliphatic rings. The summed E-state index contributed by atoms with van der Waals surface area (Å²) < 4.78 is 34.0. The number of rotatable bonds is 10. The van der Waals surface area contributed by atoms with Gasteiger partial charge in [-0.25, -0.2) is 23.1 Å². The quantitative estimate of drug-likeness (QED) is 0.320. The Labute approximate surface area is 248 Å². The van der Waals surface area contributed by atoms with Gasteiger partial charge in [0.25, 0.3) is 0 Å². The van der Waals surface area contributed by atoms with Crippen LogP contribution < -0.4 is 25.0 Å². The molecule has 1 aromatic heterocycles. The minimum absolute atomic E-state index is 0.110. The predicted molar refractivity (Wildman–Crippen MR) is 166 cm³/mol. The van der Waals surface area contributed by atoms with Gasteiger partial charge in [0.15, 0.2) is 0 Å². The second-order valence-electron chi connectivity index (χ2n) is 11.1. The molecule has 12 nitrogen and oxygen atoms in total. The van der Waals surface area contributed by atoms with Gasteiger partial charge in [-0.15, -0.1) is 0 Å². The SMILES string of the molecule is COc1cc(N2CCC(N3CCN(C)CC3)CC2)ccc1Nc1ncnc(Nc2ccccc2S(=O)(=O)NC(C)C)n1. The van der Waals surface area contributed by atoms with Crippen LogP contribution in [0, 0.1) is 0 Å². The lowest BCUT2D eigenvalue weighted by atomic mass is 10.0. The minimum Gasteiger partial charge on any atom is -0.494 e. The van der Waals surface area contributed by atoms with E-state index in [9.17, 15) is 8.42 Å². The number of para-hydroxylation sites is 1. The molecule has 0 aliphatic carbocycles. The van der Waals surface area contributed by atoms with Gasteiger partial charge in [-0.3, -0.25) is 4.90 Å². The predicted octanol–water partition coefficient (Wildman–Crippen LogP) is 3.27. The number of sulfonamides is 1. The van der Waals surface area contributed by atoms with E-state index >= 15 is 0 Å². The molecule has 5 rings (SSSR count). The van der Waals surface area contributed by atoms with Crippen LogP contribution in [0.15, 0.2) is 53.7 Å². The van der Waals surface area contributed by atoms with E-state index in [2.05, 4.69) is 58.1 Å². The monoisotopic (exact) mass is 595 g/mol. The molecule has 0 atom stereocenters.